The predicted molar refractivity (Wildman–Crippen MR) is 162 cm³/mol. The molecule has 10 heteroatoms. The van der Waals surface area contributed by atoms with Crippen LogP contribution in [0.1, 0.15) is 60.8 Å². The molecule has 2 fully saturated rings. The topological polar surface area (TPSA) is 107 Å². The molecule has 2 aliphatic rings. The number of benzene rings is 1. The molecule has 0 saturated carbocycles. The van der Waals surface area contributed by atoms with Crippen LogP contribution < -0.4 is 10.5 Å². The zero-order valence-electron chi connectivity index (χ0n) is 22.9. The second-order valence-electron chi connectivity index (χ2n) is 10.4. The number of rotatable bonds is 10. The molecule has 0 unspecified atom stereocenters. The van der Waals surface area contributed by atoms with Gasteiger partial charge in [0.25, 0.3) is 11.5 Å². The molecule has 40 heavy (non-hydrogen) atoms. The Morgan fingerprint density at radius 3 is 2.52 bits per heavy atom. The molecule has 3 heterocycles. The first-order chi connectivity index (χ1) is 19.2. The van der Waals surface area contributed by atoms with Crippen LogP contribution in [0, 0.1) is 24.2 Å². The number of amides is 1. The number of unbranched alkanes of at least 4 members (excludes halogenated alkanes) is 2. The van der Waals surface area contributed by atoms with Crippen molar-refractivity contribution >= 4 is 52.1 Å². The molecule has 2 saturated heterocycles. The van der Waals surface area contributed by atoms with Crippen LogP contribution in [0.25, 0.3) is 6.08 Å². The normalized spacial score (nSPS) is 17.1. The maximum absolute atomic E-state index is 13.3. The van der Waals surface area contributed by atoms with Gasteiger partial charge in [-0.2, -0.15) is 5.26 Å². The first kappa shape index (κ1) is 29.6. The molecule has 0 atom stereocenters. The van der Waals surface area contributed by atoms with E-state index in [0.717, 1.165) is 38.2 Å². The number of carboxylic acid groups (broad SMARTS) is 1. The fourth-order valence-corrected chi connectivity index (χ4v) is 6.73. The van der Waals surface area contributed by atoms with E-state index in [1.165, 1.54) is 21.9 Å². The van der Waals surface area contributed by atoms with Gasteiger partial charge in [0.15, 0.2) is 0 Å². The number of anilines is 1. The van der Waals surface area contributed by atoms with E-state index >= 15 is 0 Å². The maximum Gasteiger partial charge on any atom is 0.303 e. The van der Waals surface area contributed by atoms with Gasteiger partial charge in [-0.1, -0.05) is 60.7 Å². The van der Waals surface area contributed by atoms with Crippen molar-refractivity contribution in [3.05, 3.63) is 67.8 Å². The van der Waals surface area contributed by atoms with Gasteiger partial charge < -0.3 is 10.0 Å². The van der Waals surface area contributed by atoms with Crippen molar-refractivity contribution in [2.24, 2.45) is 13.0 Å². The van der Waals surface area contributed by atoms with E-state index in [-0.39, 0.29) is 23.5 Å². The first-order valence-corrected chi connectivity index (χ1v) is 14.8. The van der Waals surface area contributed by atoms with Crippen LogP contribution in [0.2, 0.25) is 0 Å². The highest BCUT2D eigenvalue weighted by Crippen LogP contribution is 2.37. The SMILES string of the molecule is Cc1c(/C=C2\SC(=S)N(CCCCCC(=O)O)C2=O)c(N2CCC(Cc3ccccc3)CC2)n(C)c(=O)c1C#N. The van der Waals surface area contributed by atoms with Gasteiger partial charge in [0.05, 0.1) is 4.91 Å². The minimum Gasteiger partial charge on any atom is -0.481 e. The fraction of sp³-hybridized carbons (Fsp3) is 0.433. The number of aromatic nitrogens is 1. The van der Waals surface area contributed by atoms with Crippen molar-refractivity contribution in [1.29, 1.82) is 5.26 Å². The van der Waals surface area contributed by atoms with Gasteiger partial charge in [-0.05, 0) is 62.1 Å². The van der Waals surface area contributed by atoms with Crippen molar-refractivity contribution in [3.8, 4) is 6.07 Å². The summed E-state index contributed by atoms with van der Waals surface area (Å²) in [7, 11) is 1.69. The lowest BCUT2D eigenvalue weighted by atomic mass is 9.90. The summed E-state index contributed by atoms with van der Waals surface area (Å²) in [6.45, 7) is 3.74. The molecule has 1 aromatic carbocycles. The van der Waals surface area contributed by atoms with E-state index in [0.29, 0.717) is 52.1 Å². The highest BCUT2D eigenvalue weighted by Gasteiger charge is 2.33. The fourth-order valence-electron chi connectivity index (χ4n) is 5.44. The number of nitrogens with zero attached hydrogens (tertiary/aromatic N) is 4. The molecule has 1 N–H and O–H groups in total. The molecule has 0 radical (unpaired) electrons. The third-order valence-electron chi connectivity index (χ3n) is 7.67. The molecule has 4 rings (SSSR count). The van der Waals surface area contributed by atoms with Gasteiger partial charge in [0.1, 0.15) is 21.8 Å². The van der Waals surface area contributed by atoms with Gasteiger partial charge in [-0.3, -0.25) is 23.9 Å². The minimum atomic E-state index is -0.825. The van der Waals surface area contributed by atoms with Gasteiger partial charge in [0.2, 0.25) is 0 Å². The van der Waals surface area contributed by atoms with Crippen LogP contribution in [0.5, 0.6) is 0 Å². The standard InChI is InChI=1S/C30H34N4O4S2/c1-20-23(18-25-29(38)34(30(39)40-25)14-8-4-7-11-26(35)36)27(32(2)28(37)24(20)19-31)33-15-12-22(13-16-33)17-21-9-5-3-6-10-21/h3,5-6,9-10,18,22H,4,7-8,11-17H2,1-2H3,(H,35,36)/b25-18-. The minimum absolute atomic E-state index is 0.0744. The summed E-state index contributed by atoms with van der Waals surface area (Å²) in [6.07, 6.45) is 6.77. The summed E-state index contributed by atoms with van der Waals surface area (Å²) in [5, 5.41) is 18.6. The van der Waals surface area contributed by atoms with Gasteiger partial charge in [-0.25, -0.2) is 0 Å². The number of piperidine rings is 1. The Balaban J connectivity index is 1.57. The number of aliphatic carboxylic acids is 1. The molecular formula is C30H34N4O4S2. The molecule has 2 aliphatic heterocycles. The number of carbonyl (C=O) groups is 2. The molecule has 1 aromatic heterocycles. The van der Waals surface area contributed by atoms with Crippen molar-refractivity contribution in [3.63, 3.8) is 0 Å². The van der Waals surface area contributed by atoms with Gasteiger partial charge in [-0.15, -0.1) is 0 Å². The van der Waals surface area contributed by atoms with E-state index in [9.17, 15) is 19.6 Å². The van der Waals surface area contributed by atoms with Crippen molar-refractivity contribution in [1.82, 2.24) is 9.47 Å². The van der Waals surface area contributed by atoms with E-state index in [4.69, 9.17) is 17.3 Å². The number of carboxylic acids is 1. The largest absolute Gasteiger partial charge is 0.481 e. The van der Waals surface area contributed by atoms with Crippen LogP contribution in [-0.4, -0.2) is 50.4 Å². The number of thiocarbonyl (C=S) groups is 1. The number of pyridine rings is 1. The maximum atomic E-state index is 13.3. The number of hydrogen-bond donors (Lipinski definition) is 1. The number of hydrogen-bond acceptors (Lipinski definition) is 7. The van der Waals surface area contributed by atoms with Gasteiger partial charge in [0, 0.05) is 38.7 Å². The highest BCUT2D eigenvalue weighted by molar-refractivity contribution is 8.26. The smallest absolute Gasteiger partial charge is 0.303 e. The monoisotopic (exact) mass is 578 g/mol. The summed E-state index contributed by atoms with van der Waals surface area (Å²) in [5.41, 5.74) is 2.32. The van der Waals surface area contributed by atoms with Crippen LogP contribution >= 0.6 is 24.0 Å². The molecular weight excluding hydrogens is 544 g/mol. The number of nitriles is 1. The van der Waals surface area contributed by atoms with E-state index < -0.39 is 5.97 Å². The van der Waals surface area contributed by atoms with Crippen LogP contribution in [0.15, 0.2) is 40.0 Å². The van der Waals surface area contributed by atoms with Crippen molar-refractivity contribution in [2.45, 2.75) is 51.9 Å². The number of carbonyl (C=O) groups excluding carboxylic acids is 1. The van der Waals surface area contributed by atoms with Gasteiger partial charge >= 0.3 is 5.97 Å². The summed E-state index contributed by atoms with van der Waals surface area (Å²) < 4.78 is 2.00. The zero-order chi connectivity index (χ0) is 28.8. The van der Waals surface area contributed by atoms with Crippen molar-refractivity contribution in [2.75, 3.05) is 24.5 Å². The summed E-state index contributed by atoms with van der Waals surface area (Å²) in [6, 6.07) is 12.5. The summed E-state index contributed by atoms with van der Waals surface area (Å²) in [5.74, 6) is 0.241. The summed E-state index contributed by atoms with van der Waals surface area (Å²) in [4.78, 5) is 41.4. The lowest BCUT2D eigenvalue weighted by molar-refractivity contribution is -0.137. The molecule has 210 valence electrons. The second-order valence-corrected chi connectivity index (χ2v) is 12.0. The average Bonchev–Trinajstić information content (AvgIpc) is 3.20. The van der Waals surface area contributed by atoms with E-state index in [1.54, 1.807) is 24.9 Å². The Morgan fingerprint density at radius 2 is 1.88 bits per heavy atom. The molecule has 1 amide bonds. The van der Waals surface area contributed by atoms with Crippen molar-refractivity contribution < 1.29 is 14.7 Å². The average molecular weight is 579 g/mol. The zero-order valence-corrected chi connectivity index (χ0v) is 24.5. The Morgan fingerprint density at radius 1 is 1.18 bits per heavy atom. The third-order valence-corrected chi connectivity index (χ3v) is 9.05. The second kappa shape index (κ2) is 13.3. The third kappa shape index (κ3) is 6.65. The highest BCUT2D eigenvalue weighted by atomic mass is 32.2. The molecule has 0 bridgehead atoms. The van der Waals surface area contributed by atoms with Crippen LogP contribution in [0.3, 0.4) is 0 Å². The van der Waals surface area contributed by atoms with E-state index in [2.05, 4.69) is 35.2 Å². The summed E-state index contributed by atoms with van der Waals surface area (Å²) >= 11 is 6.72. The Bertz CT molecular complexity index is 1420. The lowest BCUT2D eigenvalue weighted by Gasteiger charge is -2.36. The quantitative estimate of drug-likeness (QED) is 0.242. The molecule has 2 aromatic rings. The Hall–Kier alpha value is -3.42. The van der Waals surface area contributed by atoms with Crippen LogP contribution in [-0.2, 0) is 23.1 Å². The van der Waals surface area contributed by atoms with Crippen LogP contribution in [0.4, 0.5) is 5.82 Å². The Kier molecular flexibility index (Phi) is 9.82. The molecule has 0 aliphatic carbocycles. The predicted octanol–water partition coefficient (Wildman–Crippen LogP) is 4.87. The Labute approximate surface area is 244 Å². The lowest BCUT2D eigenvalue weighted by Crippen LogP contribution is -2.39. The molecule has 8 nitrogen and oxygen atoms in total. The first-order valence-electron chi connectivity index (χ1n) is 13.6. The van der Waals surface area contributed by atoms with E-state index in [1.807, 2.05) is 6.07 Å². The number of thioether (sulfide) groups is 1. The molecule has 0 spiro atoms.